The molecule has 6 nitrogen and oxygen atoms in total. The molecular weight excluding hydrogens is 222 g/mol. The molecule has 1 atom stereocenters. The minimum Gasteiger partial charge on any atom is -0.321 e. The SMILES string of the molecule is Cc1cc([N+](=O)[O-])ccc1CC(N)C(=O)C=N. The fourth-order valence-corrected chi connectivity index (χ4v) is 1.47. The smallest absolute Gasteiger partial charge is 0.269 e. The highest BCUT2D eigenvalue weighted by molar-refractivity contribution is 6.28. The second kappa shape index (κ2) is 5.31. The third-order valence-electron chi connectivity index (χ3n) is 2.48. The van der Waals surface area contributed by atoms with E-state index in [0.29, 0.717) is 11.8 Å². The van der Waals surface area contributed by atoms with Gasteiger partial charge in [-0.3, -0.25) is 14.9 Å². The number of carbonyl (C=O) groups excluding carboxylic acids is 1. The van der Waals surface area contributed by atoms with E-state index in [1.807, 2.05) is 0 Å². The summed E-state index contributed by atoms with van der Waals surface area (Å²) in [7, 11) is 0. The van der Waals surface area contributed by atoms with Gasteiger partial charge >= 0.3 is 0 Å². The normalized spacial score (nSPS) is 11.9. The van der Waals surface area contributed by atoms with Crippen LogP contribution < -0.4 is 5.73 Å². The van der Waals surface area contributed by atoms with Crippen LogP contribution in [0.25, 0.3) is 0 Å². The average molecular weight is 235 g/mol. The Balaban J connectivity index is 2.90. The van der Waals surface area contributed by atoms with Crippen molar-refractivity contribution < 1.29 is 9.72 Å². The van der Waals surface area contributed by atoms with Gasteiger partial charge in [-0.05, 0) is 24.5 Å². The van der Waals surface area contributed by atoms with Crippen molar-refractivity contribution in [3.05, 3.63) is 39.4 Å². The molecule has 0 aromatic heterocycles. The number of hydrogen-bond donors (Lipinski definition) is 2. The first-order valence-corrected chi connectivity index (χ1v) is 4.99. The fraction of sp³-hybridized carbons (Fsp3) is 0.273. The van der Waals surface area contributed by atoms with Crippen LogP contribution in [0, 0.1) is 22.4 Å². The first kappa shape index (κ1) is 13.0. The Labute approximate surface area is 98.1 Å². The van der Waals surface area contributed by atoms with Crippen molar-refractivity contribution in [3.8, 4) is 0 Å². The molecule has 0 aliphatic rings. The van der Waals surface area contributed by atoms with E-state index in [1.54, 1.807) is 13.0 Å². The van der Waals surface area contributed by atoms with Crippen LogP contribution in [-0.2, 0) is 11.2 Å². The predicted octanol–water partition coefficient (Wildman–Crippen LogP) is 0.992. The number of ketones is 1. The molecule has 0 aliphatic heterocycles. The van der Waals surface area contributed by atoms with E-state index < -0.39 is 16.7 Å². The zero-order chi connectivity index (χ0) is 13.0. The lowest BCUT2D eigenvalue weighted by Gasteiger charge is -2.09. The van der Waals surface area contributed by atoms with Gasteiger partial charge in [0.1, 0.15) is 0 Å². The second-order valence-electron chi connectivity index (χ2n) is 3.73. The number of nitro benzene ring substituents is 1. The number of nitrogens with two attached hydrogens (primary N) is 1. The van der Waals surface area contributed by atoms with E-state index in [9.17, 15) is 14.9 Å². The quantitative estimate of drug-likeness (QED) is 0.450. The van der Waals surface area contributed by atoms with E-state index in [1.165, 1.54) is 12.1 Å². The fourth-order valence-electron chi connectivity index (χ4n) is 1.47. The van der Waals surface area contributed by atoms with Crippen LogP contribution in [0.15, 0.2) is 18.2 Å². The van der Waals surface area contributed by atoms with Crippen LogP contribution in [-0.4, -0.2) is 23.0 Å². The number of nitrogens with zero attached hydrogens (tertiary/aromatic N) is 1. The summed E-state index contributed by atoms with van der Waals surface area (Å²) in [6, 6.07) is 3.64. The molecule has 17 heavy (non-hydrogen) atoms. The zero-order valence-electron chi connectivity index (χ0n) is 9.34. The Kier molecular flexibility index (Phi) is 4.06. The molecule has 0 saturated carbocycles. The van der Waals surface area contributed by atoms with Crippen LogP contribution in [0.4, 0.5) is 5.69 Å². The molecule has 0 radical (unpaired) electrons. The molecule has 1 unspecified atom stereocenters. The summed E-state index contributed by atoms with van der Waals surface area (Å²) in [4.78, 5) is 21.2. The van der Waals surface area contributed by atoms with Gasteiger partial charge in [-0.1, -0.05) is 6.07 Å². The molecule has 3 N–H and O–H groups in total. The van der Waals surface area contributed by atoms with Gasteiger partial charge in [-0.15, -0.1) is 0 Å². The molecule has 0 aliphatic carbocycles. The molecule has 1 rings (SSSR count). The zero-order valence-corrected chi connectivity index (χ0v) is 9.34. The molecule has 1 aromatic rings. The van der Waals surface area contributed by atoms with Crippen molar-refractivity contribution in [3.63, 3.8) is 0 Å². The summed E-state index contributed by atoms with van der Waals surface area (Å²) in [5, 5.41) is 17.3. The number of Topliss-reactive ketones (excluding diaryl/α,β-unsaturated/α-hetero) is 1. The lowest BCUT2D eigenvalue weighted by molar-refractivity contribution is -0.384. The Hall–Kier alpha value is -2.08. The van der Waals surface area contributed by atoms with Crippen LogP contribution in [0.5, 0.6) is 0 Å². The lowest BCUT2D eigenvalue weighted by Crippen LogP contribution is -2.33. The molecule has 90 valence electrons. The molecule has 1 aromatic carbocycles. The molecule has 0 spiro atoms. The van der Waals surface area contributed by atoms with Crippen molar-refractivity contribution in [1.29, 1.82) is 5.41 Å². The maximum absolute atomic E-state index is 11.1. The van der Waals surface area contributed by atoms with Crippen molar-refractivity contribution in [2.75, 3.05) is 0 Å². The minimum absolute atomic E-state index is 0.0122. The number of carbonyl (C=O) groups is 1. The highest BCUT2D eigenvalue weighted by Crippen LogP contribution is 2.18. The summed E-state index contributed by atoms with van der Waals surface area (Å²) in [6.45, 7) is 1.73. The standard InChI is InChI=1S/C11H13N3O3/c1-7-4-9(14(16)17)3-2-8(7)5-10(13)11(15)6-12/h2-4,6,10,12H,5,13H2,1H3. The monoisotopic (exact) mass is 235 g/mol. The van der Waals surface area contributed by atoms with Crippen molar-refractivity contribution in [2.24, 2.45) is 5.73 Å². The highest BCUT2D eigenvalue weighted by Gasteiger charge is 2.14. The largest absolute Gasteiger partial charge is 0.321 e. The molecule has 0 amide bonds. The Morgan fingerprint density at radius 3 is 2.76 bits per heavy atom. The highest BCUT2D eigenvalue weighted by atomic mass is 16.6. The number of rotatable bonds is 5. The van der Waals surface area contributed by atoms with E-state index >= 15 is 0 Å². The summed E-state index contributed by atoms with van der Waals surface area (Å²) in [5.41, 5.74) is 7.10. The van der Waals surface area contributed by atoms with Gasteiger partial charge in [0.25, 0.3) is 5.69 Å². The number of aryl methyl sites for hydroxylation is 1. The summed E-state index contributed by atoms with van der Waals surface area (Å²) >= 11 is 0. The average Bonchev–Trinajstić information content (AvgIpc) is 2.30. The molecular formula is C11H13N3O3. The van der Waals surface area contributed by atoms with Crippen LogP contribution >= 0.6 is 0 Å². The van der Waals surface area contributed by atoms with E-state index in [2.05, 4.69) is 0 Å². The van der Waals surface area contributed by atoms with Gasteiger partial charge in [0.15, 0.2) is 5.78 Å². The lowest BCUT2D eigenvalue weighted by atomic mass is 9.99. The Morgan fingerprint density at radius 1 is 1.65 bits per heavy atom. The Morgan fingerprint density at radius 2 is 2.29 bits per heavy atom. The Bertz CT molecular complexity index is 471. The van der Waals surface area contributed by atoms with Crippen molar-refractivity contribution in [1.82, 2.24) is 0 Å². The third kappa shape index (κ3) is 3.18. The summed E-state index contributed by atoms with van der Waals surface area (Å²) < 4.78 is 0. The predicted molar refractivity (Wildman–Crippen MR) is 63.3 cm³/mol. The minimum atomic E-state index is -0.771. The van der Waals surface area contributed by atoms with Crippen molar-refractivity contribution >= 4 is 17.7 Å². The van der Waals surface area contributed by atoms with E-state index in [-0.39, 0.29) is 12.1 Å². The van der Waals surface area contributed by atoms with E-state index in [0.717, 1.165) is 5.56 Å². The van der Waals surface area contributed by atoms with Gasteiger partial charge in [0.05, 0.1) is 17.2 Å². The molecule has 6 heteroatoms. The third-order valence-corrected chi connectivity index (χ3v) is 2.48. The van der Waals surface area contributed by atoms with Crippen LogP contribution in [0.2, 0.25) is 0 Å². The molecule has 0 fully saturated rings. The first-order chi connectivity index (χ1) is 7.95. The number of hydrogen-bond acceptors (Lipinski definition) is 5. The number of nitro groups is 1. The van der Waals surface area contributed by atoms with Gasteiger partial charge in [0.2, 0.25) is 0 Å². The molecule has 0 heterocycles. The number of benzene rings is 1. The molecule has 0 bridgehead atoms. The second-order valence-corrected chi connectivity index (χ2v) is 3.73. The van der Waals surface area contributed by atoms with Gasteiger partial charge < -0.3 is 11.1 Å². The summed E-state index contributed by atoms with van der Waals surface area (Å²) in [6.07, 6.45) is 0.962. The van der Waals surface area contributed by atoms with Gasteiger partial charge in [-0.25, -0.2) is 0 Å². The summed E-state index contributed by atoms with van der Waals surface area (Å²) in [5.74, 6) is -0.456. The van der Waals surface area contributed by atoms with Crippen molar-refractivity contribution in [2.45, 2.75) is 19.4 Å². The van der Waals surface area contributed by atoms with E-state index in [4.69, 9.17) is 11.1 Å². The number of non-ortho nitro benzene ring substituents is 1. The topological polar surface area (TPSA) is 110 Å². The maximum Gasteiger partial charge on any atom is 0.269 e. The molecule has 0 saturated heterocycles. The maximum atomic E-state index is 11.1. The van der Waals surface area contributed by atoms with Gasteiger partial charge in [0, 0.05) is 12.1 Å². The first-order valence-electron chi connectivity index (χ1n) is 4.99. The van der Waals surface area contributed by atoms with Crippen LogP contribution in [0.1, 0.15) is 11.1 Å². The van der Waals surface area contributed by atoms with Crippen LogP contribution in [0.3, 0.4) is 0 Å². The number of nitrogens with one attached hydrogen (secondary N) is 1. The van der Waals surface area contributed by atoms with Gasteiger partial charge in [-0.2, -0.15) is 0 Å².